The van der Waals surface area contributed by atoms with E-state index >= 15 is 0 Å². The second kappa shape index (κ2) is 7.62. The molecule has 4 rings (SSSR count). The van der Waals surface area contributed by atoms with Crippen LogP contribution in [0.25, 0.3) is 11.0 Å². The number of likely N-dealkylation sites (tertiary alicyclic amines) is 1. The number of ether oxygens (including phenoxy) is 2. The number of aromatic nitrogens is 2. The Kier molecular flexibility index (Phi) is 5.19. The fourth-order valence-electron chi connectivity index (χ4n) is 4.01. The minimum atomic E-state index is -0.176. The molecule has 2 aliphatic rings. The summed E-state index contributed by atoms with van der Waals surface area (Å²) in [5.74, 6) is 3.22. The number of hydrogen-bond donors (Lipinski definition) is 2. The molecule has 7 nitrogen and oxygen atoms in total. The van der Waals surface area contributed by atoms with Crippen LogP contribution >= 0.6 is 0 Å². The first-order valence-corrected chi connectivity index (χ1v) is 10.2. The molecule has 1 amide bonds. The summed E-state index contributed by atoms with van der Waals surface area (Å²) in [6.45, 7) is 9.58. The Bertz CT molecular complexity index is 847. The summed E-state index contributed by atoms with van der Waals surface area (Å²) in [5, 5.41) is 3.04. The van der Waals surface area contributed by atoms with Crippen LogP contribution in [0.3, 0.4) is 0 Å². The van der Waals surface area contributed by atoms with Crippen molar-refractivity contribution in [1.82, 2.24) is 20.2 Å². The molecule has 0 atom stereocenters. The van der Waals surface area contributed by atoms with E-state index < -0.39 is 0 Å². The van der Waals surface area contributed by atoms with Crippen LogP contribution in [0.2, 0.25) is 0 Å². The van der Waals surface area contributed by atoms with Crippen LogP contribution < -0.4 is 14.8 Å². The van der Waals surface area contributed by atoms with Crippen molar-refractivity contribution in [1.29, 1.82) is 0 Å². The highest BCUT2D eigenvalue weighted by molar-refractivity contribution is 5.85. The lowest BCUT2D eigenvalue weighted by Crippen LogP contribution is -2.47. The molecule has 1 saturated heterocycles. The molecule has 0 radical (unpaired) electrons. The second-order valence-corrected chi connectivity index (χ2v) is 8.89. The van der Waals surface area contributed by atoms with Crippen molar-refractivity contribution >= 4 is 16.9 Å². The van der Waals surface area contributed by atoms with Gasteiger partial charge in [-0.25, -0.2) is 4.98 Å². The summed E-state index contributed by atoms with van der Waals surface area (Å²) >= 11 is 0. The minimum absolute atomic E-state index is 0.107. The third kappa shape index (κ3) is 4.41. The highest BCUT2D eigenvalue weighted by atomic mass is 16.6. The van der Waals surface area contributed by atoms with Gasteiger partial charge in [-0.1, -0.05) is 0 Å². The number of piperidine rings is 1. The number of hydrogen-bond acceptors (Lipinski definition) is 5. The summed E-state index contributed by atoms with van der Waals surface area (Å²) in [6.07, 6.45) is 3.08. The van der Waals surface area contributed by atoms with Gasteiger partial charge in [0.15, 0.2) is 11.5 Å². The number of carbonyl (C=O) groups is 1. The van der Waals surface area contributed by atoms with Gasteiger partial charge >= 0.3 is 0 Å². The molecule has 0 saturated carbocycles. The van der Waals surface area contributed by atoms with Crippen molar-refractivity contribution in [3.63, 3.8) is 0 Å². The molecule has 0 unspecified atom stereocenters. The number of nitrogens with zero attached hydrogens (tertiary/aromatic N) is 2. The molecule has 0 bridgehead atoms. The largest absolute Gasteiger partial charge is 0.486 e. The Morgan fingerprint density at radius 3 is 2.75 bits per heavy atom. The van der Waals surface area contributed by atoms with Crippen LogP contribution in [0, 0.1) is 5.92 Å². The molecular formula is C21H30N4O3. The van der Waals surface area contributed by atoms with Crippen molar-refractivity contribution in [3.05, 3.63) is 18.0 Å². The first kappa shape index (κ1) is 19.1. The first-order valence-electron chi connectivity index (χ1n) is 10.2. The van der Waals surface area contributed by atoms with E-state index in [4.69, 9.17) is 14.5 Å². The van der Waals surface area contributed by atoms with Crippen LogP contribution in [-0.4, -0.2) is 59.2 Å². The zero-order chi connectivity index (χ0) is 19.7. The molecule has 1 fully saturated rings. The Morgan fingerprint density at radius 1 is 1.25 bits per heavy atom. The van der Waals surface area contributed by atoms with E-state index in [1.54, 1.807) is 0 Å². The van der Waals surface area contributed by atoms with Gasteiger partial charge < -0.3 is 19.8 Å². The maximum atomic E-state index is 12.1. The Balaban J connectivity index is 1.33. The number of nitrogens with one attached hydrogen (secondary N) is 2. The number of aromatic amines is 1. The zero-order valence-electron chi connectivity index (χ0n) is 17.0. The number of benzene rings is 1. The average Bonchev–Trinajstić information content (AvgIpc) is 3.05. The van der Waals surface area contributed by atoms with Crippen LogP contribution in [0.1, 0.15) is 39.4 Å². The Hall–Kier alpha value is -2.28. The van der Waals surface area contributed by atoms with E-state index in [9.17, 15) is 4.79 Å². The lowest BCUT2D eigenvalue weighted by molar-refractivity contribution is -0.124. The van der Waals surface area contributed by atoms with Crippen molar-refractivity contribution in [2.45, 2.75) is 45.6 Å². The van der Waals surface area contributed by atoms with Crippen molar-refractivity contribution < 1.29 is 14.3 Å². The molecule has 3 heterocycles. The molecular weight excluding hydrogens is 356 g/mol. The maximum Gasteiger partial charge on any atom is 0.234 e. The quantitative estimate of drug-likeness (QED) is 0.844. The number of amides is 1. The number of carbonyl (C=O) groups excluding carboxylic acids is 1. The van der Waals surface area contributed by atoms with E-state index in [0.29, 0.717) is 25.7 Å². The number of rotatable bonds is 4. The fourth-order valence-corrected chi connectivity index (χ4v) is 4.01. The fraction of sp³-hybridized carbons (Fsp3) is 0.619. The summed E-state index contributed by atoms with van der Waals surface area (Å²) < 4.78 is 11.4. The van der Waals surface area contributed by atoms with Crippen molar-refractivity contribution in [2.24, 2.45) is 5.92 Å². The lowest BCUT2D eigenvalue weighted by Gasteiger charge is -2.32. The van der Waals surface area contributed by atoms with Crippen LogP contribution in [-0.2, 0) is 11.2 Å². The van der Waals surface area contributed by atoms with Gasteiger partial charge in [0.05, 0.1) is 12.1 Å². The summed E-state index contributed by atoms with van der Waals surface area (Å²) in [7, 11) is 0. The van der Waals surface area contributed by atoms with Crippen molar-refractivity contribution in [3.8, 4) is 11.5 Å². The smallest absolute Gasteiger partial charge is 0.234 e. The third-order valence-electron chi connectivity index (χ3n) is 5.28. The normalized spacial score (nSPS) is 18.4. The monoisotopic (exact) mass is 386 g/mol. The predicted molar refractivity (Wildman–Crippen MR) is 108 cm³/mol. The zero-order valence-corrected chi connectivity index (χ0v) is 17.0. The standard InChI is InChI=1S/C21H30N4O3/c1-21(2,3)24-18(26)13-25-8-6-14(7-9-25)12-17-22-15-4-5-16-20(19(15)23-17)28-11-10-27-16/h4-5,14H,6-13H2,1-3H3,(H,22,23)(H,24,26). The van der Waals surface area contributed by atoms with Gasteiger partial charge in [-0.15, -0.1) is 0 Å². The highest BCUT2D eigenvalue weighted by Crippen LogP contribution is 2.36. The van der Waals surface area contributed by atoms with Crippen LogP contribution in [0.15, 0.2) is 12.1 Å². The van der Waals surface area contributed by atoms with Gasteiger partial charge in [-0.2, -0.15) is 0 Å². The molecule has 2 aliphatic heterocycles. The molecule has 0 aliphatic carbocycles. The Morgan fingerprint density at radius 2 is 2.00 bits per heavy atom. The first-order chi connectivity index (χ1) is 13.4. The molecule has 28 heavy (non-hydrogen) atoms. The predicted octanol–water partition coefficient (Wildman–Crippen LogP) is 2.50. The topological polar surface area (TPSA) is 79.5 Å². The van der Waals surface area contributed by atoms with E-state index in [0.717, 1.165) is 60.7 Å². The molecule has 7 heteroatoms. The number of imidazole rings is 1. The van der Waals surface area contributed by atoms with E-state index in [1.807, 2.05) is 32.9 Å². The average molecular weight is 386 g/mol. The molecule has 2 aromatic rings. The van der Waals surface area contributed by atoms with E-state index in [1.165, 1.54) is 0 Å². The van der Waals surface area contributed by atoms with Gasteiger partial charge in [-0.3, -0.25) is 9.69 Å². The SMILES string of the molecule is CC(C)(C)NC(=O)CN1CCC(Cc2nc3c4c(ccc3[nH]2)OCCO4)CC1. The third-order valence-corrected chi connectivity index (χ3v) is 5.28. The van der Waals surface area contributed by atoms with E-state index in [-0.39, 0.29) is 11.4 Å². The second-order valence-electron chi connectivity index (χ2n) is 8.89. The van der Waals surface area contributed by atoms with Crippen molar-refractivity contribution in [2.75, 3.05) is 32.8 Å². The van der Waals surface area contributed by atoms with Gasteiger partial charge in [0.2, 0.25) is 5.91 Å². The maximum absolute atomic E-state index is 12.1. The molecule has 0 spiro atoms. The van der Waals surface area contributed by atoms with E-state index in [2.05, 4.69) is 15.2 Å². The molecule has 1 aromatic carbocycles. The van der Waals surface area contributed by atoms with Gasteiger partial charge in [-0.05, 0) is 64.8 Å². The molecule has 2 N–H and O–H groups in total. The summed E-state index contributed by atoms with van der Waals surface area (Å²) in [4.78, 5) is 22.6. The highest BCUT2D eigenvalue weighted by Gasteiger charge is 2.24. The minimum Gasteiger partial charge on any atom is -0.486 e. The summed E-state index contributed by atoms with van der Waals surface area (Å²) in [6, 6.07) is 3.95. The number of fused-ring (bicyclic) bond motifs is 3. The van der Waals surface area contributed by atoms with Gasteiger partial charge in [0.25, 0.3) is 0 Å². The summed E-state index contributed by atoms with van der Waals surface area (Å²) in [5.41, 5.74) is 1.68. The van der Waals surface area contributed by atoms with Gasteiger partial charge in [0, 0.05) is 12.0 Å². The van der Waals surface area contributed by atoms with Gasteiger partial charge in [0.1, 0.15) is 24.6 Å². The van der Waals surface area contributed by atoms with Crippen LogP contribution in [0.5, 0.6) is 11.5 Å². The molecule has 152 valence electrons. The Labute approximate surface area is 165 Å². The number of H-pyrrole nitrogens is 1. The lowest BCUT2D eigenvalue weighted by atomic mass is 9.93. The van der Waals surface area contributed by atoms with Crippen LogP contribution in [0.4, 0.5) is 0 Å². The molecule has 1 aromatic heterocycles.